The number of rotatable bonds is 3. The molecule has 0 radical (unpaired) electrons. The number of anilines is 1. The van der Waals surface area contributed by atoms with E-state index in [4.69, 9.17) is 0 Å². The van der Waals surface area contributed by atoms with Crippen LogP contribution in [0.4, 0.5) is 5.82 Å². The Kier molecular flexibility index (Phi) is 3.26. The molecule has 0 saturated heterocycles. The van der Waals surface area contributed by atoms with Crippen LogP contribution < -0.4 is 4.90 Å². The quantitative estimate of drug-likeness (QED) is 0.738. The third-order valence-corrected chi connectivity index (χ3v) is 2.91. The average Bonchev–Trinajstić information content (AvgIpc) is 2.64. The number of hydrogen-bond donors (Lipinski definition) is 0. The fourth-order valence-corrected chi connectivity index (χ4v) is 2.19. The maximum atomic E-state index is 12.0. The predicted octanol–water partition coefficient (Wildman–Crippen LogP) is 1.15. The maximum Gasteiger partial charge on any atom is 0.228 e. The second kappa shape index (κ2) is 4.69. The Morgan fingerprint density at radius 2 is 2.35 bits per heavy atom. The van der Waals surface area contributed by atoms with Gasteiger partial charge in [-0.2, -0.15) is 5.10 Å². The molecule has 0 aromatic carbocycles. The lowest BCUT2D eigenvalue weighted by Gasteiger charge is -2.31. The maximum absolute atomic E-state index is 12.0. The van der Waals surface area contributed by atoms with E-state index >= 15 is 0 Å². The van der Waals surface area contributed by atoms with Crippen LogP contribution in [0.1, 0.15) is 25.5 Å². The first-order valence-electron chi connectivity index (χ1n) is 5.90. The van der Waals surface area contributed by atoms with Crippen LogP contribution in [0.25, 0.3) is 0 Å². The van der Waals surface area contributed by atoms with Crippen molar-refractivity contribution in [1.82, 2.24) is 9.78 Å². The van der Waals surface area contributed by atoms with Gasteiger partial charge in [-0.15, -0.1) is 0 Å². The van der Waals surface area contributed by atoms with Gasteiger partial charge in [0.2, 0.25) is 5.91 Å². The first-order valence-corrected chi connectivity index (χ1v) is 5.90. The summed E-state index contributed by atoms with van der Waals surface area (Å²) < 4.78 is 1.88. The largest absolute Gasteiger partial charge is 0.303 e. The summed E-state index contributed by atoms with van der Waals surface area (Å²) >= 11 is 0. The molecule has 0 fully saturated rings. The summed E-state index contributed by atoms with van der Waals surface area (Å²) in [5, 5.41) is 4.37. The lowest BCUT2D eigenvalue weighted by atomic mass is 10.1. The molecule has 1 aliphatic heterocycles. The zero-order valence-electron chi connectivity index (χ0n) is 10.2. The van der Waals surface area contributed by atoms with Gasteiger partial charge in [-0.1, -0.05) is 6.92 Å². The Labute approximate surface area is 100 Å². The summed E-state index contributed by atoms with van der Waals surface area (Å²) in [7, 11) is 0. The molecule has 17 heavy (non-hydrogen) atoms. The van der Waals surface area contributed by atoms with Crippen molar-refractivity contribution in [2.24, 2.45) is 5.92 Å². The van der Waals surface area contributed by atoms with Crippen molar-refractivity contribution in [1.29, 1.82) is 0 Å². The van der Waals surface area contributed by atoms with E-state index in [1.165, 1.54) is 0 Å². The van der Waals surface area contributed by atoms with E-state index in [1.54, 1.807) is 4.90 Å². The number of hydrogen-bond acceptors (Lipinski definition) is 3. The van der Waals surface area contributed by atoms with Crippen molar-refractivity contribution in [2.75, 3.05) is 11.4 Å². The molecule has 0 bridgehead atoms. The van der Waals surface area contributed by atoms with E-state index in [1.807, 2.05) is 17.7 Å². The monoisotopic (exact) mass is 235 g/mol. The van der Waals surface area contributed by atoms with E-state index in [-0.39, 0.29) is 18.7 Å². The van der Waals surface area contributed by atoms with Gasteiger partial charge in [0.05, 0.1) is 5.69 Å². The van der Waals surface area contributed by atoms with E-state index in [2.05, 4.69) is 12.0 Å². The van der Waals surface area contributed by atoms with Crippen molar-refractivity contribution in [2.45, 2.75) is 33.2 Å². The molecule has 0 aliphatic carbocycles. The smallest absolute Gasteiger partial charge is 0.228 e. The van der Waals surface area contributed by atoms with Gasteiger partial charge in [0.1, 0.15) is 12.1 Å². The minimum atomic E-state index is 0.00444. The molecule has 2 rings (SSSR count). The molecule has 0 spiro atoms. The van der Waals surface area contributed by atoms with Gasteiger partial charge in [-0.25, -0.2) is 4.68 Å². The Balaban J connectivity index is 2.22. The number of carbonyl (C=O) groups excluding carboxylic acids is 2. The lowest BCUT2D eigenvalue weighted by molar-refractivity contribution is -0.120. The van der Waals surface area contributed by atoms with Crippen LogP contribution in [0.5, 0.6) is 0 Å². The lowest BCUT2D eigenvalue weighted by Crippen LogP contribution is -2.41. The van der Waals surface area contributed by atoms with E-state index in [0.717, 1.165) is 24.3 Å². The topological polar surface area (TPSA) is 55.2 Å². The second-order valence-corrected chi connectivity index (χ2v) is 4.64. The molecule has 92 valence electrons. The van der Waals surface area contributed by atoms with Crippen molar-refractivity contribution in [3.8, 4) is 0 Å². The van der Waals surface area contributed by atoms with Crippen LogP contribution in [-0.2, 0) is 16.1 Å². The van der Waals surface area contributed by atoms with Crippen molar-refractivity contribution in [3.63, 3.8) is 0 Å². The minimum absolute atomic E-state index is 0.00444. The molecule has 1 aromatic rings. The van der Waals surface area contributed by atoms with Crippen LogP contribution in [0, 0.1) is 12.8 Å². The molecule has 5 nitrogen and oxygen atoms in total. The summed E-state index contributed by atoms with van der Waals surface area (Å²) in [6.45, 7) is 5.58. The van der Waals surface area contributed by atoms with Crippen molar-refractivity contribution >= 4 is 18.0 Å². The SMILES string of the molecule is Cc1cc2n(n1)C[C@H](C)CN2C(=O)CCC=O. The van der Waals surface area contributed by atoms with Crippen LogP contribution in [-0.4, -0.2) is 28.5 Å². The van der Waals surface area contributed by atoms with Gasteiger partial charge < -0.3 is 4.79 Å². The highest BCUT2D eigenvalue weighted by molar-refractivity contribution is 5.93. The first kappa shape index (κ1) is 11.8. The number of aromatic nitrogens is 2. The summed E-state index contributed by atoms with van der Waals surface area (Å²) in [5.74, 6) is 1.25. The molecule has 0 unspecified atom stereocenters. The van der Waals surface area contributed by atoms with Crippen molar-refractivity contribution < 1.29 is 9.59 Å². The molecule has 2 heterocycles. The fraction of sp³-hybridized carbons (Fsp3) is 0.583. The highest BCUT2D eigenvalue weighted by atomic mass is 16.2. The Morgan fingerprint density at radius 3 is 3.06 bits per heavy atom. The van der Waals surface area contributed by atoms with Gasteiger partial charge in [-0.3, -0.25) is 9.69 Å². The number of fused-ring (bicyclic) bond motifs is 1. The second-order valence-electron chi connectivity index (χ2n) is 4.64. The molecule has 0 saturated carbocycles. The van der Waals surface area contributed by atoms with Crippen molar-refractivity contribution in [3.05, 3.63) is 11.8 Å². The predicted molar refractivity (Wildman–Crippen MR) is 63.8 cm³/mol. The summed E-state index contributed by atoms with van der Waals surface area (Å²) in [5.41, 5.74) is 0.919. The van der Waals surface area contributed by atoms with Crippen LogP contribution in [0.3, 0.4) is 0 Å². The Bertz CT molecular complexity index is 439. The summed E-state index contributed by atoms with van der Waals surface area (Å²) in [4.78, 5) is 24.1. The molecular weight excluding hydrogens is 218 g/mol. The van der Waals surface area contributed by atoms with Crippen LogP contribution in [0.2, 0.25) is 0 Å². The Morgan fingerprint density at radius 1 is 1.59 bits per heavy atom. The Hall–Kier alpha value is -1.65. The molecule has 1 atom stereocenters. The number of aldehydes is 1. The number of aryl methyl sites for hydroxylation is 1. The minimum Gasteiger partial charge on any atom is -0.303 e. The highest BCUT2D eigenvalue weighted by Crippen LogP contribution is 2.25. The number of nitrogens with zero attached hydrogens (tertiary/aromatic N) is 3. The van der Waals surface area contributed by atoms with Gasteiger partial charge in [0, 0.05) is 32.0 Å². The van der Waals surface area contributed by atoms with E-state index in [9.17, 15) is 9.59 Å². The molecule has 0 N–H and O–H groups in total. The molecule has 1 amide bonds. The van der Waals surface area contributed by atoms with Gasteiger partial charge in [-0.05, 0) is 12.8 Å². The van der Waals surface area contributed by atoms with Crippen LogP contribution >= 0.6 is 0 Å². The zero-order chi connectivity index (χ0) is 12.4. The third-order valence-electron chi connectivity index (χ3n) is 2.91. The summed E-state index contributed by atoms with van der Waals surface area (Å²) in [6.07, 6.45) is 1.35. The number of amides is 1. The van der Waals surface area contributed by atoms with Gasteiger partial charge >= 0.3 is 0 Å². The highest BCUT2D eigenvalue weighted by Gasteiger charge is 2.27. The number of carbonyl (C=O) groups is 2. The van der Waals surface area contributed by atoms with E-state index in [0.29, 0.717) is 12.5 Å². The van der Waals surface area contributed by atoms with Gasteiger partial charge in [0.15, 0.2) is 0 Å². The van der Waals surface area contributed by atoms with Gasteiger partial charge in [0.25, 0.3) is 0 Å². The van der Waals surface area contributed by atoms with E-state index < -0.39 is 0 Å². The standard InChI is InChI=1S/C12H17N3O2/c1-9-7-14(12(17)4-3-5-16)11-6-10(2)13-15(11)8-9/h5-6,9H,3-4,7-8H2,1-2H3/t9-/m1/s1. The summed E-state index contributed by atoms with van der Waals surface area (Å²) in [6, 6.07) is 1.92. The van der Waals surface area contributed by atoms with Crippen LogP contribution in [0.15, 0.2) is 6.07 Å². The molecule has 1 aliphatic rings. The first-order chi connectivity index (χ1) is 8.11. The third kappa shape index (κ3) is 2.38. The normalized spacial score (nSPS) is 18.9. The molecule has 1 aromatic heterocycles. The zero-order valence-corrected chi connectivity index (χ0v) is 10.2. The average molecular weight is 235 g/mol. The molecular formula is C12H17N3O2. The fourth-order valence-electron chi connectivity index (χ4n) is 2.19. The molecule has 5 heteroatoms.